The van der Waals surface area contributed by atoms with E-state index < -0.39 is 43.1 Å². The van der Waals surface area contributed by atoms with E-state index in [2.05, 4.69) is 41.6 Å². The van der Waals surface area contributed by atoms with E-state index >= 15 is 0 Å². The van der Waals surface area contributed by atoms with E-state index in [9.17, 15) is 19.2 Å². The molecule has 158 valence electrons. The van der Waals surface area contributed by atoms with Gasteiger partial charge in [0.15, 0.2) is 19.5 Å². The van der Waals surface area contributed by atoms with Crippen molar-refractivity contribution in [1.29, 1.82) is 0 Å². The zero-order valence-corrected chi connectivity index (χ0v) is 15.1. The highest BCUT2D eigenvalue weighted by atomic mass is 16.8. The minimum atomic E-state index is -1.10. The van der Waals surface area contributed by atoms with Gasteiger partial charge in [0.1, 0.15) is 0 Å². The van der Waals surface area contributed by atoms with Crippen LogP contribution in [0.3, 0.4) is 0 Å². The standard InChI is InChI=1S/2C6H6O5.C4H10O2/c2*1-2-4(7)10-5-3-9-6(8)11-5;1-2-3-4(5)6/h2*2,5H,1,3H2;4-6H,2-3H2,1H3. The molecular weight excluding hydrogens is 384 g/mol. The van der Waals surface area contributed by atoms with Gasteiger partial charge in [-0.05, 0) is 6.42 Å². The third-order valence-electron chi connectivity index (χ3n) is 2.51. The largest absolute Gasteiger partial charge is 0.511 e. The molecule has 0 saturated carbocycles. The van der Waals surface area contributed by atoms with Gasteiger partial charge in [-0.2, -0.15) is 0 Å². The van der Waals surface area contributed by atoms with Gasteiger partial charge in [-0.3, -0.25) is 0 Å². The summed E-state index contributed by atoms with van der Waals surface area (Å²) in [6.07, 6.45) is -1.33. The molecule has 28 heavy (non-hydrogen) atoms. The summed E-state index contributed by atoms with van der Waals surface area (Å²) in [7, 11) is 0. The summed E-state index contributed by atoms with van der Waals surface area (Å²) in [5.41, 5.74) is 0. The molecule has 0 aromatic heterocycles. The van der Waals surface area contributed by atoms with E-state index in [1.54, 1.807) is 0 Å². The molecule has 2 atom stereocenters. The monoisotopic (exact) mass is 406 g/mol. The second kappa shape index (κ2) is 14.0. The van der Waals surface area contributed by atoms with Crippen LogP contribution in [-0.4, -0.2) is 66.5 Å². The first-order chi connectivity index (χ1) is 13.2. The van der Waals surface area contributed by atoms with Gasteiger partial charge >= 0.3 is 24.2 Å². The summed E-state index contributed by atoms with van der Waals surface area (Å²) in [5.74, 6) is -1.29. The molecule has 0 bridgehead atoms. The van der Waals surface area contributed by atoms with Crippen molar-refractivity contribution in [2.75, 3.05) is 13.2 Å². The van der Waals surface area contributed by atoms with E-state index in [4.69, 9.17) is 10.2 Å². The molecule has 2 aliphatic rings. The van der Waals surface area contributed by atoms with Crippen LogP contribution < -0.4 is 0 Å². The van der Waals surface area contributed by atoms with Crippen molar-refractivity contribution >= 4 is 24.2 Å². The second-order valence-corrected chi connectivity index (χ2v) is 4.77. The Morgan fingerprint density at radius 3 is 1.61 bits per heavy atom. The first kappa shape index (κ1) is 24.9. The molecule has 12 heteroatoms. The highest BCUT2D eigenvalue weighted by molar-refractivity contribution is 5.81. The number of esters is 2. The molecule has 2 rings (SSSR count). The fourth-order valence-electron chi connectivity index (χ4n) is 1.35. The lowest BCUT2D eigenvalue weighted by atomic mass is 10.3. The number of carbonyl (C=O) groups excluding carboxylic acids is 4. The molecule has 0 amide bonds. The zero-order valence-electron chi connectivity index (χ0n) is 15.1. The molecule has 0 radical (unpaired) electrons. The molecule has 2 heterocycles. The van der Waals surface area contributed by atoms with Crippen LogP contribution in [0.5, 0.6) is 0 Å². The van der Waals surface area contributed by atoms with Gasteiger partial charge < -0.3 is 38.6 Å². The van der Waals surface area contributed by atoms with E-state index in [1.165, 1.54) is 0 Å². The van der Waals surface area contributed by atoms with Gasteiger partial charge in [0.25, 0.3) is 12.6 Å². The van der Waals surface area contributed by atoms with Crippen molar-refractivity contribution in [2.24, 2.45) is 0 Å². The van der Waals surface area contributed by atoms with Crippen molar-refractivity contribution < 1.29 is 57.8 Å². The van der Waals surface area contributed by atoms with Gasteiger partial charge in [0.05, 0.1) is 0 Å². The Labute approximate surface area is 160 Å². The molecule has 2 fully saturated rings. The Balaban J connectivity index is 0.000000411. The van der Waals surface area contributed by atoms with Crippen LogP contribution in [0.2, 0.25) is 0 Å². The van der Waals surface area contributed by atoms with E-state index in [0.717, 1.165) is 18.6 Å². The Morgan fingerprint density at radius 2 is 1.43 bits per heavy atom. The molecule has 2 unspecified atom stereocenters. The van der Waals surface area contributed by atoms with E-state index in [0.29, 0.717) is 6.42 Å². The molecule has 2 aliphatic heterocycles. The number of cyclic esters (lactones) is 4. The molecule has 2 N–H and O–H groups in total. The first-order valence-corrected chi connectivity index (χ1v) is 7.90. The van der Waals surface area contributed by atoms with E-state index in [1.807, 2.05) is 6.92 Å². The fraction of sp³-hybridized carbons (Fsp3) is 0.500. The lowest BCUT2D eigenvalue weighted by Gasteiger charge is -2.04. The van der Waals surface area contributed by atoms with Crippen LogP contribution in [0.1, 0.15) is 19.8 Å². The quantitative estimate of drug-likeness (QED) is 0.272. The average molecular weight is 406 g/mol. The maximum absolute atomic E-state index is 10.5. The highest BCUT2D eigenvalue weighted by Crippen LogP contribution is 2.08. The van der Waals surface area contributed by atoms with Crippen LogP contribution in [0.15, 0.2) is 25.3 Å². The predicted octanol–water partition coefficient (Wildman–Crippen LogP) is 0.514. The number of hydrogen-bond acceptors (Lipinski definition) is 12. The minimum Gasteiger partial charge on any atom is -0.426 e. The minimum absolute atomic E-state index is 0.0571. The molecule has 0 aliphatic carbocycles. The van der Waals surface area contributed by atoms with Crippen molar-refractivity contribution in [3.8, 4) is 0 Å². The molecule has 0 aromatic carbocycles. The third kappa shape index (κ3) is 12.3. The Hall–Kier alpha value is -3.12. The number of aliphatic hydroxyl groups excluding tert-OH is 1. The van der Waals surface area contributed by atoms with Crippen LogP contribution >= 0.6 is 0 Å². The summed E-state index contributed by atoms with van der Waals surface area (Å²) >= 11 is 0. The maximum atomic E-state index is 10.5. The van der Waals surface area contributed by atoms with Crippen LogP contribution in [0, 0.1) is 0 Å². The first-order valence-electron chi connectivity index (χ1n) is 7.90. The fourth-order valence-corrected chi connectivity index (χ4v) is 1.35. The van der Waals surface area contributed by atoms with Crippen molar-refractivity contribution in [2.45, 2.75) is 38.6 Å². The zero-order chi connectivity index (χ0) is 21.5. The Morgan fingerprint density at radius 1 is 1.04 bits per heavy atom. The number of carbonyl (C=O) groups is 4. The Bertz CT molecular complexity index is 512. The summed E-state index contributed by atoms with van der Waals surface area (Å²) in [6, 6.07) is 0. The topological polar surface area (TPSA) is 164 Å². The molecule has 2 saturated heterocycles. The molecular formula is C16H22O12. The molecule has 0 spiro atoms. The highest BCUT2D eigenvalue weighted by Gasteiger charge is 2.28. The van der Waals surface area contributed by atoms with Gasteiger partial charge in [-0.1, -0.05) is 26.5 Å². The van der Waals surface area contributed by atoms with Crippen molar-refractivity contribution in [3.63, 3.8) is 0 Å². The van der Waals surface area contributed by atoms with Crippen LogP contribution in [0.4, 0.5) is 9.59 Å². The second-order valence-electron chi connectivity index (χ2n) is 4.77. The van der Waals surface area contributed by atoms with Gasteiger partial charge in [0, 0.05) is 12.2 Å². The van der Waals surface area contributed by atoms with Gasteiger partial charge in [-0.25, -0.2) is 19.2 Å². The predicted molar refractivity (Wildman–Crippen MR) is 88.2 cm³/mol. The summed E-state index contributed by atoms with van der Waals surface area (Å²) in [5, 5.41) is 16.2. The van der Waals surface area contributed by atoms with Gasteiger partial charge in [-0.15, -0.1) is 0 Å². The normalized spacial score (nSPS) is 19.3. The number of aliphatic hydroxyl groups is 2. The van der Waals surface area contributed by atoms with Gasteiger partial charge in [0.2, 0.25) is 0 Å². The molecule has 12 nitrogen and oxygen atoms in total. The summed E-state index contributed by atoms with van der Waals surface area (Å²) in [6.45, 7) is 8.12. The van der Waals surface area contributed by atoms with Crippen molar-refractivity contribution in [3.05, 3.63) is 25.3 Å². The number of hydrogen-bond donors (Lipinski definition) is 2. The number of rotatable bonds is 6. The molecule has 0 aromatic rings. The van der Waals surface area contributed by atoms with E-state index in [-0.39, 0.29) is 13.2 Å². The lowest BCUT2D eigenvalue weighted by Crippen LogP contribution is -2.18. The lowest BCUT2D eigenvalue weighted by molar-refractivity contribution is -0.157. The Kier molecular flexibility index (Phi) is 12.4. The van der Waals surface area contributed by atoms with Crippen LogP contribution in [-0.2, 0) is 38.0 Å². The SMILES string of the molecule is C=CC(=O)OC1COC(=O)O1.C=CC(=O)OC1COC(=O)O1.CCCC(O)O. The smallest absolute Gasteiger partial charge is 0.426 e. The number of ether oxygens (including phenoxy) is 6. The average Bonchev–Trinajstić information content (AvgIpc) is 3.23. The van der Waals surface area contributed by atoms with Crippen LogP contribution in [0.25, 0.3) is 0 Å². The third-order valence-corrected chi connectivity index (χ3v) is 2.51. The van der Waals surface area contributed by atoms with Crippen molar-refractivity contribution in [1.82, 2.24) is 0 Å². The maximum Gasteiger partial charge on any atom is 0.511 e. The summed E-state index contributed by atoms with van der Waals surface area (Å²) < 4.78 is 26.5. The summed E-state index contributed by atoms with van der Waals surface area (Å²) in [4.78, 5) is 41.5.